The van der Waals surface area contributed by atoms with Crippen molar-refractivity contribution in [3.63, 3.8) is 0 Å². The Morgan fingerprint density at radius 1 is 1.42 bits per heavy atom. The lowest BCUT2D eigenvalue weighted by Crippen LogP contribution is -2.10. The summed E-state index contributed by atoms with van der Waals surface area (Å²) in [6.45, 7) is 1.89. The summed E-state index contributed by atoms with van der Waals surface area (Å²) in [6, 6.07) is 7.39. The lowest BCUT2D eigenvalue weighted by molar-refractivity contribution is -0.135. The molecule has 1 aromatic carbocycles. The molecule has 2 aromatic rings. The average Bonchev–Trinajstić information content (AvgIpc) is 3.35. The molecule has 6 heteroatoms. The highest BCUT2D eigenvalue weighted by Crippen LogP contribution is 2.34. The first-order valence-corrected chi connectivity index (χ1v) is 8.42. The summed E-state index contributed by atoms with van der Waals surface area (Å²) < 4.78 is 10.7. The standard InChI is InChI=1S/C18H16N2O3S/c1-11-10-24-17(20-11)14(9-19)7-12-3-6-15(16(8-12)22-2)23-18(21)13-4-5-13/h3,6-8,10,13H,4-5H2,1-2H3/b14-7+. The first-order valence-electron chi connectivity index (χ1n) is 7.54. The fraction of sp³-hybridized carbons (Fsp3) is 0.278. The van der Waals surface area contributed by atoms with Gasteiger partial charge in [-0.15, -0.1) is 11.3 Å². The number of hydrogen-bond acceptors (Lipinski definition) is 6. The molecule has 122 valence electrons. The molecule has 5 nitrogen and oxygen atoms in total. The second-order valence-electron chi connectivity index (χ2n) is 5.57. The summed E-state index contributed by atoms with van der Waals surface area (Å²) in [7, 11) is 1.52. The molecule has 1 aliphatic carbocycles. The quantitative estimate of drug-likeness (QED) is 0.470. The van der Waals surface area contributed by atoms with E-state index < -0.39 is 0 Å². The third-order valence-electron chi connectivity index (χ3n) is 3.59. The number of aromatic nitrogens is 1. The summed E-state index contributed by atoms with van der Waals surface area (Å²) >= 11 is 1.43. The van der Waals surface area contributed by atoms with Gasteiger partial charge in [0, 0.05) is 11.1 Å². The van der Waals surface area contributed by atoms with E-state index in [4.69, 9.17) is 9.47 Å². The second kappa shape index (κ2) is 6.85. The van der Waals surface area contributed by atoms with Gasteiger partial charge in [0.25, 0.3) is 0 Å². The van der Waals surface area contributed by atoms with Crippen molar-refractivity contribution >= 4 is 29.0 Å². The molecule has 1 saturated carbocycles. The molecule has 0 atom stereocenters. The van der Waals surface area contributed by atoms with Gasteiger partial charge >= 0.3 is 5.97 Å². The van der Waals surface area contributed by atoms with Crippen LogP contribution in [0.4, 0.5) is 0 Å². The van der Waals surface area contributed by atoms with E-state index in [0.29, 0.717) is 22.1 Å². The van der Waals surface area contributed by atoms with E-state index in [9.17, 15) is 10.1 Å². The molecule has 0 unspecified atom stereocenters. The Hall–Kier alpha value is -2.65. The Bertz CT molecular complexity index is 844. The van der Waals surface area contributed by atoms with Crippen LogP contribution in [0, 0.1) is 24.2 Å². The van der Waals surface area contributed by atoms with Gasteiger partial charge in [0.15, 0.2) is 11.5 Å². The number of nitriles is 1. The third-order valence-corrected chi connectivity index (χ3v) is 4.58. The SMILES string of the molecule is COc1cc(/C=C(\C#N)c2nc(C)cs2)ccc1OC(=O)C1CC1. The molecule has 0 spiro atoms. The summed E-state index contributed by atoms with van der Waals surface area (Å²) in [4.78, 5) is 16.1. The van der Waals surface area contributed by atoms with Crippen molar-refractivity contribution in [1.29, 1.82) is 5.26 Å². The van der Waals surface area contributed by atoms with Gasteiger partial charge in [-0.05, 0) is 43.5 Å². The Balaban J connectivity index is 1.87. The van der Waals surface area contributed by atoms with E-state index in [2.05, 4.69) is 11.1 Å². The number of allylic oxidation sites excluding steroid dienone is 1. The number of thiazole rings is 1. The summed E-state index contributed by atoms with van der Waals surface area (Å²) in [5, 5.41) is 11.9. The maximum Gasteiger partial charge on any atom is 0.314 e. The van der Waals surface area contributed by atoms with Gasteiger partial charge in [0.05, 0.1) is 18.6 Å². The van der Waals surface area contributed by atoms with Crippen molar-refractivity contribution in [3.05, 3.63) is 39.8 Å². The number of hydrogen-bond donors (Lipinski definition) is 0. The smallest absolute Gasteiger partial charge is 0.314 e. The molecule has 0 N–H and O–H groups in total. The summed E-state index contributed by atoms with van der Waals surface area (Å²) in [6.07, 6.45) is 3.52. The Morgan fingerprint density at radius 3 is 2.79 bits per heavy atom. The second-order valence-corrected chi connectivity index (χ2v) is 6.43. The minimum atomic E-state index is -0.215. The number of carbonyl (C=O) groups is 1. The van der Waals surface area contributed by atoms with Gasteiger partial charge in [0.1, 0.15) is 11.1 Å². The molecule has 0 bridgehead atoms. The van der Waals surface area contributed by atoms with E-state index in [0.717, 1.165) is 24.1 Å². The molecule has 0 radical (unpaired) electrons. The minimum Gasteiger partial charge on any atom is -0.493 e. The van der Waals surface area contributed by atoms with Crippen LogP contribution in [0.1, 0.15) is 29.1 Å². The van der Waals surface area contributed by atoms with Gasteiger partial charge in [-0.25, -0.2) is 4.98 Å². The summed E-state index contributed by atoms with van der Waals surface area (Å²) in [5.41, 5.74) is 2.15. The fourth-order valence-corrected chi connectivity index (χ4v) is 2.92. The van der Waals surface area contributed by atoms with E-state index in [1.54, 1.807) is 24.3 Å². The van der Waals surface area contributed by atoms with Crippen LogP contribution >= 0.6 is 11.3 Å². The molecule has 1 aromatic heterocycles. The number of methoxy groups -OCH3 is 1. The Morgan fingerprint density at radius 2 is 2.21 bits per heavy atom. The highest BCUT2D eigenvalue weighted by atomic mass is 32.1. The van der Waals surface area contributed by atoms with Crippen LogP contribution in [0.5, 0.6) is 11.5 Å². The molecular weight excluding hydrogens is 324 g/mol. The van der Waals surface area contributed by atoms with Crippen molar-refractivity contribution in [3.8, 4) is 17.6 Å². The van der Waals surface area contributed by atoms with Gasteiger partial charge < -0.3 is 9.47 Å². The van der Waals surface area contributed by atoms with Gasteiger partial charge in [0.2, 0.25) is 0 Å². The van der Waals surface area contributed by atoms with Crippen LogP contribution < -0.4 is 9.47 Å². The molecule has 1 aliphatic rings. The van der Waals surface area contributed by atoms with Crippen LogP contribution in [0.25, 0.3) is 11.6 Å². The molecular formula is C18H16N2O3S. The first-order chi connectivity index (χ1) is 11.6. The van der Waals surface area contributed by atoms with Crippen molar-refractivity contribution in [2.24, 2.45) is 5.92 Å². The van der Waals surface area contributed by atoms with Gasteiger partial charge in [-0.1, -0.05) is 6.07 Å². The normalized spacial score (nSPS) is 14.1. The maximum absolute atomic E-state index is 11.8. The van der Waals surface area contributed by atoms with E-state index in [1.807, 2.05) is 12.3 Å². The minimum absolute atomic E-state index is 0.0209. The van der Waals surface area contributed by atoms with E-state index in [1.165, 1.54) is 18.4 Å². The lowest BCUT2D eigenvalue weighted by atomic mass is 10.1. The van der Waals surface area contributed by atoms with Crippen molar-refractivity contribution in [1.82, 2.24) is 4.98 Å². The predicted octanol–water partition coefficient (Wildman–Crippen LogP) is 3.84. The number of aryl methyl sites for hydroxylation is 1. The number of esters is 1. The van der Waals surface area contributed by atoms with Crippen molar-refractivity contribution in [2.75, 3.05) is 7.11 Å². The monoisotopic (exact) mass is 340 g/mol. The number of rotatable bonds is 5. The Labute approximate surface area is 144 Å². The molecule has 1 heterocycles. The van der Waals surface area contributed by atoms with Crippen LogP contribution in [-0.2, 0) is 4.79 Å². The average molecular weight is 340 g/mol. The molecule has 1 fully saturated rings. The van der Waals surface area contributed by atoms with Crippen LogP contribution in [0.3, 0.4) is 0 Å². The molecule has 0 amide bonds. The number of benzene rings is 1. The number of nitrogens with zero attached hydrogens (tertiary/aromatic N) is 2. The van der Waals surface area contributed by atoms with Gasteiger partial charge in [-0.2, -0.15) is 5.26 Å². The van der Waals surface area contributed by atoms with E-state index >= 15 is 0 Å². The van der Waals surface area contributed by atoms with Crippen molar-refractivity contribution in [2.45, 2.75) is 19.8 Å². The predicted molar refractivity (Wildman–Crippen MR) is 91.7 cm³/mol. The zero-order valence-corrected chi connectivity index (χ0v) is 14.2. The number of ether oxygens (including phenoxy) is 2. The highest BCUT2D eigenvalue weighted by molar-refractivity contribution is 7.11. The van der Waals surface area contributed by atoms with E-state index in [-0.39, 0.29) is 11.9 Å². The maximum atomic E-state index is 11.8. The van der Waals surface area contributed by atoms with Crippen molar-refractivity contribution < 1.29 is 14.3 Å². The molecule has 0 aliphatic heterocycles. The largest absolute Gasteiger partial charge is 0.493 e. The zero-order chi connectivity index (χ0) is 17.1. The molecule has 0 saturated heterocycles. The zero-order valence-electron chi connectivity index (χ0n) is 13.4. The molecule has 24 heavy (non-hydrogen) atoms. The topological polar surface area (TPSA) is 72.2 Å². The van der Waals surface area contributed by atoms with Crippen LogP contribution in [-0.4, -0.2) is 18.1 Å². The fourth-order valence-electron chi connectivity index (χ4n) is 2.16. The first kappa shape index (κ1) is 16.2. The third kappa shape index (κ3) is 3.63. The lowest BCUT2D eigenvalue weighted by Gasteiger charge is -2.09. The summed E-state index contributed by atoms with van der Waals surface area (Å²) in [5.74, 6) is 0.667. The highest BCUT2D eigenvalue weighted by Gasteiger charge is 2.32. The number of carbonyl (C=O) groups excluding carboxylic acids is 1. The Kier molecular flexibility index (Phi) is 4.63. The van der Waals surface area contributed by atoms with Crippen LogP contribution in [0.15, 0.2) is 23.6 Å². The van der Waals surface area contributed by atoms with Crippen LogP contribution in [0.2, 0.25) is 0 Å². The molecule has 3 rings (SSSR count). The van der Waals surface area contributed by atoms with Gasteiger partial charge in [-0.3, -0.25) is 4.79 Å².